The molecule has 4 heteroatoms. The second-order valence-electron chi connectivity index (χ2n) is 27.3. The Kier molecular flexibility index (Phi) is 9.79. The third-order valence-electron chi connectivity index (χ3n) is 19.1. The first kappa shape index (κ1) is 45.4. The number of anilines is 9. The zero-order valence-corrected chi connectivity index (χ0v) is 47.3. The zero-order valence-electron chi connectivity index (χ0n) is 50.3. The minimum Gasteiger partial charge on any atom is -0.311 e. The van der Waals surface area contributed by atoms with Crippen LogP contribution in [-0.2, 0) is 32.5 Å². The molecule has 0 N–H and O–H groups in total. The van der Waals surface area contributed by atoms with E-state index in [-0.39, 0.29) is 33.8 Å². The van der Waals surface area contributed by atoms with E-state index in [0.717, 1.165) is 82.3 Å². The summed E-state index contributed by atoms with van der Waals surface area (Å²) in [6.07, 6.45) is 4.39. The van der Waals surface area contributed by atoms with Crippen LogP contribution in [0, 0.1) is 6.85 Å². The molecule has 8 aromatic carbocycles. The van der Waals surface area contributed by atoms with Crippen LogP contribution in [0.5, 0.6) is 0 Å². The highest BCUT2D eigenvalue weighted by atomic mass is 15.2. The lowest BCUT2D eigenvalue weighted by Crippen LogP contribution is -2.62. The van der Waals surface area contributed by atoms with E-state index in [1.54, 1.807) is 0 Å². The van der Waals surface area contributed by atoms with Crippen molar-refractivity contribution in [3.8, 4) is 11.1 Å². The molecular formula is C72H76BN3. The van der Waals surface area contributed by atoms with Gasteiger partial charge in [-0.1, -0.05) is 175 Å². The predicted octanol–water partition coefficient (Wildman–Crippen LogP) is 17.8. The molecule has 2 heterocycles. The van der Waals surface area contributed by atoms with Crippen LogP contribution in [0.25, 0.3) is 11.1 Å². The summed E-state index contributed by atoms with van der Waals surface area (Å²) in [5, 5.41) is 0. The van der Waals surface area contributed by atoms with Crippen LogP contribution < -0.4 is 31.1 Å². The fourth-order valence-corrected chi connectivity index (χ4v) is 14.7. The van der Waals surface area contributed by atoms with E-state index >= 15 is 0 Å². The van der Waals surface area contributed by atoms with Crippen molar-refractivity contribution in [2.75, 3.05) is 14.7 Å². The van der Waals surface area contributed by atoms with Crippen molar-refractivity contribution in [2.24, 2.45) is 0 Å². The monoisotopic (exact) mass is 997 g/mol. The highest BCUT2D eigenvalue weighted by Crippen LogP contribution is 2.59. The van der Waals surface area contributed by atoms with Crippen molar-refractivity contribution < 1.29 is 4.11 Å². The summed E-state index contributed by atoms with van der Waals surface area (Å²) in [6, 6.07) is 58.7. The molecule has 0 unspecified atom stereocenters. The van der Waals surface area contributed by atoms with Crippen molar-refractivity contribution in [3.05, 3.63) is 202 Å². The Bertz CT molecular complexity index is 3780. The Morgan fingerprint density at radius 3 is 1.63 bits per heavy atom. The molecule has 13 rings (SSSR count). The average Bonchev–Trinajstić information content (AvgIpc) is 3.61. The largest absolute Gasteiger partial charge is 0.311 e. The third-order valence-corrected chi connectivity index (χ3v) is 19.1. The first-order valence-corrected chi connectivity index (χ1v) is 28.1. The molecular weight excluding hydrogens is 918 g/mol. The van der Waals surface area contributed by atoms with Crippen molar-refractivity contribution in [3.63, 3.8) is 0 Å². The Hall–Kier alpha value is -6.78. The lowest BCUT2D eigenvalue weighted by molar-refractivity contribution is 0.332. The minimum absolute atomic E-state index is 0.0270. The Labute approximate surface area is 459 Å². The molecule has 5 aliphatic rings. The van der Waals surface area contributed by atoms with Gasteiger partial charge < -0.3 is 14.7 Å². The van der Waals surface area contributed by atoms with Gasteiger partial charge in [-0.2, -0.15) is 0 Å². The molecule has 3 nitrogen and oxygen atoms in total. The van der Waals surface area contributed by atoms with Crippen LogP contribution >= 0.6 is 0 Å². The first-order chi connectivity index (χ1) is 37.2. The fraction of sp³-hybridized carbons (Fsp3) is 0.333. The Morgan fingerprint density at radius 2 is 1.01 bits per heavy atom. The highest BCUT2D eigenvalue weighted by molar-refractivity contribution is 7.00. The molecule has 0 aromatic heterocycles. The zero-order chi connectivity index (χ0) is 55.7. The standard InChI is InChI=1S/C72H76BN3/c1-45-39-62-66-63(40-45)76(59-34-32-53(67(2,3)4)64-50-27-21-22-28-51(50)72(13,14)65(59)64)60-42-49(74(46-23-17-15-18-24-46)47-25-19-16-20-26-47)30-33-57(60)73(66)58-43-55-56(71(11,12)38-37-70(55,9)10)44-61(58)75(62)48-29-31-52-54(41-48)69(7,8)36-35-68(52,5)6/h15-34,39-44H,35-38H2,1-14H3/i1D3. The maximum Gasteiger partial charge on any atom is 0.252 e. The first-order valence-electron chi connectivity index (χ1n) is 29.6. The maximum atomic E-state index is 9.44. The van der Waals surface area contributed by atoms with E-state index in [9.17, 15) is 4.11 Å². The number of nitrogens with zero attached hydrogens (tertiary/aromatic N) is 3. The lowest BCUT2D eigenvalue weighted by atomic mass is 9.33. The predicted molar refractivity (Wildman–Crippen MR) is 327 cm³/mol. The molecule has 0 fully saturated rings. The van der Waals surface area contributed by atoms with Gasteiger partial charge in [0.05, 0.1) is 5.69 Å². The molecule has 0 saturated carbocycles. The second-order valence-corrected chi connectivity index (χ2v) is 27.3. The van der Waals surface area contributed by atoms with Crippen LogP contribution in [0.2, 0.25) is 0 Å². The summed E-state index contributed by atoms with van der Waals surface area (Å²) in [6.45, 7) is 28.5. The summed E-state index contributed by atoms with van der Waals surface area (Å²) in [4.78, 5) is 7.36. The van der Waals surface area contributed by atoms with Crippen LogP contribution in [0.1, 0.15) is 164 Å². The molecule has 8 aromatic rings. The lowest BCUT2D eigenvalue weighted by Gasteiger charge is -2.48. The van der Waals surface area contributed by atoms with Crippen LogP contribution in [0.3, 0.4) is 0 Å². The smallest absolute Gasteiger partial charge is 0.252 e. The van der Waals surface area contributed by atoms with E-state index in [4.69, 9.17) is 0 Å². The molecule has 0 saturated heterocycles. The van der Waals surface area contributed by atoms with Crippen molar-refractivity contribution in [1.29, 1.82) is 0 Å². The Morgan fingerprint density at radius 1 is 0.461 bits per heavy atom. The Balaban J connectivity index is 1.19. The van der Waals surface area contributed by atoms with Gasteiger partial charge in [0.25, 0.3) is 6.71 Å². The number of benzene rings is 8. The van der Waals surface area contributed by atoms with Crippen molar-refractivity contribution >= 4 is 74.3 Å². The quantitative estimate of drug-likeness (QED) is 0.159. The van der Waals surface area contributed by atoms with E-state index in [0.29, 0.717) is 5.56 Å². The average molecular weight is 997 g/mol. The van der Waals surface area contributed by atoms with Gasteiger partial charge in [0, 0.05) is 55.0 Å². The molecule has 2 aliphatic heterocycles. The number of aryl methyl sites for hydroxylation is 1. The fourth-order valence-electron chi connectivity index (χ4n) is 14.7. The molecule has 0 spiro atoms. The van der Waals surface area contributed by atoms with E-state index in [1.165, 1.54) is 61.0 Å². The summed E-state index contributed by atoms with van der Waals surface area (Å²) in [5.74, 6) is 0. The van der Waals surface area contributed by atoms with Crippen LogP contribution in [-0.4, -0.2) is 6.71 Å². The molecule has 0 atom stereocenters. The second kappa shape index (κ2) is 16.4. The van der Waals surface area contributed by atoms with Gasteiger partial charge in [-0.25, -0.2) is 0 Å². The molecule has 0 radical (unpaired) electrons. The van der Waals surface area contributed by atoms with Crippen molar-refractivity contribution in [2.45, 2.75) is 155 Å². The SMILES string of the molecule is [2H]C([2H])([2H])c1cc2c3c(c1)N(c1ccc(C(C)(C)C)c4c1C(C)(C)c1ccccc1-4)c1cc(N(c4ccccc4)c4ccccc4)ccc1B3c1cc3c(cc1N2c1ccc2c(c1)C(C)(C)CCC2(C)C)C(C)(C)CCC3(C)C. The number of hydrogen-bond donors (Lipinski definition) is 0. The molecule has 382 valence electrons. The number of para-hydroxylation sites is 2. The van der Waals surface area contributed by atoms with Gasteiger partial charge >= 0.3 is 0 Å². The van der Waals surface area contributed by atoms with Crippen molar-refractivity contribution in [1.82, 2.24) is 0 Å². The van der Waals surface area contributed by atoms with Gasteiger partial charge in [-0.15, -0.1) is 0 Å². The van der Waals surface area contributed by atoms with Gasteiger partial charge in [0.2, 0.25) is 0 Å². The van der Waals surface area contributed by atoms with E-state index < -0.39 is 12.3 Å². The normalized spacial score (nSPS) is 19.1. The summed E-state index contributed by atoms with van der Waals surface area (Å²) >= 11 is 0. The summed E-state index contributed by atoms with van der Waals surface area (Å²) < 4.78 is 28.3. The van der Waals surface area contributed by atoms with Gasteiger partial charge in [-0.05, 0) is 204 Å². The van der Waals surface area contributed by atoms with E-state index in [1.807, 2.05) is 12.1 Å². The van der Waals surface area contributed by atoms with Gasteiger partial charge in [0.1, 0.15) is 0 Å². The van der Waals surface area contributed by atoms with E-state index in [2.05, 4.69) is 250 Å². The summed E-state index contributed by atoms with van der Waals surface area (Å²) in [7, 11) is 0. The van der Waals surface area contributed by atoms with Crippen LogP contribution in [0.15, 0.2) is 158 Å². The molecule has 0 amide bonds. The topological polar surface area (TPSA) is 9.72 Å². The molecule has 3 aliphatic carbocycles. The van der Waals surface area contributed by atoms with Gasteiger partial charge in [0.15, 0.2) is 0 Å². The van der Waals surface area contributed by atoms with Gasteiger partial charge in [-0.3, -0.25) is 0 Å². The van der Waals surface area contributed by atoms with Crippen LogP contribution in [0.4, 0.5) is 51.2 Å². The molecule has 76 heavy (non-hydrogen) atoms. The summed E-state index contributed by atoms with van der Waals surface area (Å²) in [5.41, 5.74) is 24.5. The number of fused-ring (bicyclic) bond motifs is 9. The highest BCUT2D eigenvalue weighted by Gasteiger charge is 2.49. The number of hydrogen-bond acceptors (Lipinski definition) is 3. The third kappa shape index (κ3) is 7.14. The number of rotatable bonds is 5. The minimum atomic E-state index is -2.42. The maximum absolute atomic E-state index is 9.44. The molecule has 0 bridgehead atoms.